The number of anilines is 5. The van der Waals surface area contributed by atoms with E-state index in [2.05, 4.69) is 48.3 Å². The van der Waals surface area contributed by atoms with Crippen LogP contribution in [0.3, 0.4) is 0 Å². The first-order valence-electron chi connectivity index (χ1n) is 8.54. The number of rotatable bonds is 8. The van der Waals surface area contributed by atoms with Crippen LogP contribution >= 0.6 is 12.2 Å². The van der Waals surface area contributed by atoms with Crippen molar-refractivity contribution in [1.29, 1.82) is 0 Å². The van der Waals surface area contributed by atoms with Crippen LogP contribution in [0.1, 0.15) is 0 Å². The Bertz CT molecular complexity index is 858. The smallest absolute Gasteiger partial charge is 0.248 e. The molecule has 9 heteroatoms. The second-order valence-corrected chi connectivity index (χ2v) is 5.95. The molecule has 0 saturated heterocycles. The van der Waals surface area contributed by atoms with E-state index < -0.39 is 0 Å². The van der Waals surface area contributed by atoms with Crippen molar-refractivity contribution < 1.29 is 0 Å². The van der Waals surface area contributed by atoms with Crippen molar-refractivity contribution in [3.8, 4) is 0 Å². The molecule has 142 valence electrons. The summed E-state index contributed by atoms with van der Waals surface area (Å²) in [4.78, 5) is 13.2. The van der Waals surface area contributed by atoms with Crippen molar-refractivity contribution in [2.45, 2.75) is 0 Å². The lowest BCUT2D eigenvalue weighted by molar-refractivity contribution is 0.946. The summed E-state index contributed by atoms with van der Waals surface area (Å²) in [6.07, 6.45) is 1.71. The molecule has 0 spiro atoms. The maximum absolute atomic E-state index is 5.16. The zero-order valence-corrected chi connectivity index (χ0v) is 15.8. The zero-order chi connectivity index (χ0) is 19.6. The Morgan fingerprint density at radius 3 is 1.82 bits per heavy atom. The lowest BCUT2D eigenvalue weighted by Gasteiger charge is -2.13. The average molecular weight is 392 g/mol. The van der Waals surface area contributed by atoms with Crippen LogP contribution in [0.25, 0.3) is 0 Å². The van der Waals surface area contributed by atoms with Crippen LogP contribution in [0.15, 0.2) is 73.3 Å². The first-order chi connectivity index (χ1) is 13.7. The molecule has 0 aliphatic rings. The van der Waals surface area contributed by atoms with Gasteiger partial charge in [-0.15, -0.1) is 6.58 Å². The molecule has 28 heavy (non-hydrogen) atoms. The molecule has 0 saturated carbocycles. The first kappa shape index (κ1) is 19.1. The van der Waals surface area contributed by atoms with Crippen molar-refractivity contribution in [3.05, 3.63) is 73.3 Å². The molecule has 0 bridgehead atoms. The monoisotopic (exact) mass is 392 g/mol. The molecule has 0 radical (unpaired) electrons. The first-order valence-corrected chi connectivity index (χ1v) is 8.95. The highest BCUT2D eigenvalue weighted by molar-refractivity contribution is 7.80. The van der Waals surface area contributed by atoms with E-state index in [0.29, 0.717) is 29.5 Å². The van der Waals surface area contributed by atoms with Gasteiger partial charge in [0.15, 0.2) is 5.11 Å². The summed E-state index contributed by atoms with van der Waals surface area (Å²) in [5.41, 5.74) is 7.43. The minimum Gasteiger partial charge on any atom is -0.358 e. The highest BCUT2D eigenvalue weighted by atomic mass is 32.1. The molecule has 0 aliphatic carbocycles. The maximum Gasteiger partial charge on any atom is 0.248 e. The second-order valence-electron chi connectivity index (χ2n) is 5.54. The lowest BCUT2D eigenvalue weighted by Crippen LogP contribution is -2.39. The van der Waals surface area contributed by atoms with E-state index in [1.807, 2.05) is 60.7 Å². The summed E-state index contributed by atoms with van der Waals surface area (Å²) >= 11 is 5.16. The van der Waals surface area contributed by atoms with Crippen LogP contribution in [0.4, 0.5) is 29.2 Å². The van der Waals surface area contributed by atoms with Crippen LogP contribution < -0.4 is 26.8 Å². The molecule has 3 aromatic rings. The minimum atomic E-state index is 0.301. The minimum absolute atomic E-state index is 0.301. The van der Waals surface area contributed by atoms with Gasteiger partial charge in [0.2, 0.25) is 17.8 Å². The summed E-state index contributed by atoms with van der Waals surface area (Å²) in [6.45, 7) is 4.18. The van der Waals surface area contributed by atoms with E-state index in [0.717, 1.165) is 11.4 Å². The number of nitrogens with zero attached hydrogens (tertiary/aromatic N) is 3. The van der Waals surface area contributed by atoms with Crippen molar-refractivity contribution in [2.24, 2.45) is 0 Å². The average Bonchev–Trinajstić information content (AvgIpc) is 2.72. The molecule has 0 atom stereocenters. The summed E-state index contributed by atoms with van der Waals surface area (Å²) in [5.74, 6) is 1.07. The third-order valence-corrected chi connectivity index (χ3v) is 3.64. The molecule has 0 unspecified atom stereocenters. The van der Waals surface area contributed by atoms with E-state index in [1.165, 1.54) is 0 Å². The Morgan fingerprint density at radius 1 is 0.821 bits per heavy atom. The van der Waals surface area contributed by atoms with Crippen molar-refractivity contribution in [1.82, 2.24) is 25.7 Å². The predicted octanol–water partition coefficient (Wildman–Crippen LogP) is 3.34. The maximum atomic E-state index is 5.16. The van der Waals surface area contributed by atoms with Gasteiger partial charge in [-0.2, -0.15) is 15.0 Å². The summed E-state index contributed by atoms with van der Waals surface area (Å²) in [6, 6.07) is 19.3. The Kier molecular flexibility index (Phi) is 6.69. The van der Waals surface area contributed by atoms with Gasteiger partial charge in [0.05, 0.1) is 0 Å². The largest absolute Gasteiger partial charge is 0.358 e. The fraction of sp³-hybridized carbons (Fsp3) is 0.0526. The number of hydrazine groups is 1. The standard InChI is InChI=1S/C19H20N8S/c1-2-13-20-19(28)27-26-18-24-16(21-14-9-5-3-6-10-14)23-17(25-18)22-15-11-7-4-8-12-15/h2-12H,1,13H2,(H2,20,27,28)(H3,21,22,23,24,25,26). The number of hydrogen-bond donors (Lipinski definition) is 5. The Balaban J connectivity index is 1.78. The molecule has 5 N–H and O–H groups in total. The number of nitrogens with one attached hydrogen (secondary N) is 5. The van der Waals surface area contributed by atoms with Crippen molar-refractivity contribution in [3.63, 3.8) is 0 Å². The van der Waals surface area contributed by atoms with Gasteiger partial charge in [0.1, 0.15) is 0 Å². The van der Waals surface area contributed by atoms with Gasteiger partial charge in [-0.3, -0.25) is 10.9 Å². The fourth-order valence-corrected chi connectivity index (χ4v) is 2.30. The van der Waals surface area contributed by atoms with Crippen molar-refractivity contribution in [2.75, 3.05) is 22.6 Å². The SMILES string of the molecule is C=CCNC(=S)NNc1nc(Nc2ccccc2)nc(Nc2ccccc2)n1. The predicted molar refractivity (Wildman–Crippen MR) is 117 cm³/mol. The third-order valence-electron chi connectivity index (χ3n) is 3.39. The number of aromatic nitrogens is 3. The molecule has 2 aromatic carbocycles. The van der Waals surface area contributed by atoms with E-state index in [4.69, 9.17) is 12.2 Å². The van der Waals surface area contributed by atoms with Crippen LogP contribution in [-0.4, -0.2) is 26.6 Å². The zero-order valence-electron chi connectivity index (χ0n) is 15.0. The van der Waals surface area contributed by atoms with Crippen LogP contribution in [-0.2, 0) is 0 Å². The third kappa shape index (κ3) is 5.92. The molecule has 0 amide bonds. The van der Waals surface area contributed by atoms with Gasteiger partial charge in [-0.1, -0.05) is 42.5 Å². The van der Waals surface area contributed by atoms with Crippen LogP contribution in [0, 0.1) is 0 Å². The summed E-state index contributed by atoms with van der Waals surface area (Å²) < 4.78 is 0. The second kappa shape index (κ2) is 9.83. The number of hydrogen-bond acceptors (Lipinski definition) is 7. The van der Waals surface area contributed by atoms with Crippen LogP contribution in [0.2, 0.25) is 0 Å². The van der Waals surface area contributed by atoms with Gasteiger partial charge in [-0.25, -0.2) is 0 Å². The molecule has 0 aliphatic heterocycles. The van der Waals surface area contributed by atoms with Gasteiger partial charge >= 0.3 is 0 Å². The highest BCUT2D eigenvalue weighted by Gasteiger charge is 2.08. The van der Waals surface area contributed by atoms with Crippen LogP contribution in [0.5, 0.6) is 0 Å². The van der Waals surface area contributed by atoms with Gasteiger partial charge < -0.3 is 16.0 Å². The van der Waals surface area contributed by atoms with Gasteiger partial charge in [0, 0.05) is 17.9 Å². The molecule has 3 rings (SSSR count). The molecular weight excluding hydrogens is 372 g/mol. The fourth-order valence-electron chi connectivity index (χ4n) is 2.17. The molecule has 8 nitrogen and oxygen atoms in total. The molecule has 0 fully saturated rings. The molecule has 1 heterocycles. The molecular formula is C19H20N8S. The summed E-state index contributed by atoms with van der Waals surface area (Å²) in [7, 11) is 0. The van der Waals surface area contributed by atoms with E-state index in [9.17, 15) is 0 Å². The Hall–Kier alpha value is -3.72. The number of thiocarbonyl (C=S) groups is 1. The quantitative estimate of drug-likeness (QED) is 0.225. The Labute approximate surface area is 168 Å². The number of benzene rings is 2. The normalized spacial score (nSPS) is 9.86. The van der Waals surface area contributed by atoms with Gasteiger partial charge in [0.25, 0.3) is 0 Å². The topological polar surface area (TPSA) is 98.8 Å². The van der Waals surface area contributed by atoms with E-state index in [-0.39, 0.29) is 0 Å². The molecule has 1 aromatic heterocycles. The number of para-hydroxylation sites is 2. The van der Waals surface area contributed by atoms with E-state index in [1.54, 1.807) is 6.08 Å². The van der Waals surface area contributed by atoms with E-state index >= 15 is 0 Å². The Morgan fingerprint density at radius 2 is 1.32 bits per heavy atom. The lowest BCUT2D eigenvalue weighted by atomic mass is 10.3. The van der Waals surface area contributed by atoms with Gasteiger partial charge in [-0.05, 0) is 36.5 Å². The highest BCUT2D eigenvalue weighted by Crippen LogP contribution is 2.18. The summed E-state index contributed by atoms with van der Waals surface area (Å²) in [5, 5.41) is 9.67. The van der Waals surface area contributed by atoms with Crippen molar-refractivity contribution >= 4 is 46.6 Å².